The van der Waals surface area contributed by atoms with Gasteiger partial charge in [0.05, 0.1) is 6.61 Å². The van der Waals surface area contributed by atoms with Crippen LogP contribution < -0.4 is 5.32 Å². The van der Waals surface area contributed by atoms with Crippen LogP contribution in [-0.2, 0) is 9.47 Å². The van der Waals surface area contributed by atoms with E-state index in [9.17, 15) is 4.79 Å². The third-order valence-electron chi connectivity index (χ3n) is 3.56. The summed E-state index contributed by atoms with van der Waals surface area (Å²) in [5.41, 5.74) is -0.413. The molecule has 19 heavy (non-hydrogen) atoms. The number of carbonyl (C=O) groups excluding carboxylic acids is 1. The van der Waals surface area contributed by atoms with Crippen LogP contribution in [0.25, 0.3) is 0 Å². The summed E-state index contributed by atoms with van der Waals surface area (Å²) in [6.45, 7) is 9.99. The van der Waals surface area contributed by atoms with Gasteiger partial charge in [-0.05, 0) is 39.5 Å². The second-order valence-electron chi connectivity index (χ2n) is 6.55. The van der Waals surface area contributed by atoms with E-state index in [0.717, 1.165) is 45.7 Å². The number of nitrogens with zero attached hydrogens (tertiary/aromatic N) is 1. The fourth-order valence-corrected chi connectivity index (χ4v) is 2.50. The number of amides is 1. The molecular formula is C14H26N2O3. The zero-order chi connectivity index (χ0) is 13.9. The fraction of sp³-hybridized carbons (Fsp3) is 0.929. The molecule has 2 aliphatic heterocycles. The van der Waals surface area contributed by atoms with E-state index in [0.29, 0.717) is 12.0 Å². The van der Waals surface area contributed by atoms with Crippen molar-refractivity contribution < 1.29 is 14.3 Å². The zero-order valence-electron chi connectivity index (χ0n) is 12.3. The highest BCUT2D eigenvalue weighted by molar-refractivity contribution is 5.68. The lowest BCUT2D eigenvalue weighted by atomic mass is 10.1. The minimum atomic E-state index is -0.413. The number of likely N-dealkylation sites (tertiary alicyclic amines) is 1. The summed E-state index contributed by atoms with van der Waals surface area (Å²) < 4.78 is 10.7. The maximum atomic E-state index is 11.9. The molecule has 2 saturated heterocycles. The second kappa shape index (κ2) is 6.09. The van der Waals surface area contributed by atoms with E-state index in [2.05, 4.69) is 5.32 Å². The van der Waals surface area contributed by atoms with E-state index >= 15 is 0 Å². The second-order valence-corrected chi connectivity index (χ2v) is 6.55. The Morgan fingerprint density at radius 1 is 1.42 bits per heavy atom. The van der Waals surface area contributed by atoms with Crippen LogP contribution in [-0.4, -0.2) is 55.5 Å². The first-order valence-electron chi connectivity index (χ1n) is 7.23. The van der Waals surface area contributed by atoms with Crippen molar-refractivity contribution in [2.24, 2.45) is 5.92 Å². The molecule has 5 heteroatoms. The van der Waals surface area contributed by atoms with Gasteiger partial charge in [-0.15, -0.1) is 0 Å². The molecule has 0 aromatic carbocycles. The molecular weight excluding hydrogens is 244 g/mol. The largest absolute Gasteiger partial charge is 0.444 e. The Bertz CT molecular complexity index is 308. The normalized spacial score (nSPS) is 27.8. The summed E-state index contributed by atoms with van der Waals surface area (Å²) in [5.74, 6) is 0.635. The van der Waals surface area contributed by atoms with Gasteiger partial charge in [-0.1, -0.05) is 0 Å². The molecule has 0 radical (unpaired) electrons. The Morgan fingerprint density at radius 3 is 2.84 bits per heavy atom. The Balaban J connectivity index is 1.68. The molecule has 0 bridgehead atoms. The van der Waals surface area contributed by atoms with Gasteiger partial charge in [-0.3, -0.25) is 0 Å². The minimum Gasteiger partial charge on any atom is -0.444 e. The highest BCUT2D eigenvalue weighted by Gasteiger charge is 2.30. The molecule has 0 aliphatic carbocycles. The maximum absolute atomic E-state index is 11.9. The summed E-state index contributed by atoms with van der Waals surface area (Å²) in [6, 6.07) is 0.396. The molecule has 0 saturated carbocycles. The molecule has 2 heterocycles. The fourth-order valence-electron chi connectivity index (χ4n) is 2.50. The van der Waals surface area contributed by atoms with Crippen molar-refractivity contribution in [3.05, 3.63) is 0 Å². The van der Waals surface area contributed by atoms with E-state index in [-0.39, 0.29) is 6.09 Å². The van der Waals surface area contributed by atoms with Gasteiger partial charge in [0, 0.05) is 32.3 Å². The topological polar surface area (TPSA) is 50.8 Å². The Kier molecular flexibility index (Phi) is 4.68. The summed E-state index contributed by atoms with van der Waals surface area (Å²) in [5, 5.41) is 3.54. The maximum Gasteiger partial charge on any atom is 0.410 e. The summed E-state index contributed by atoms with van der Waals surface area (Å²) >= 11 is 0. The van der Waals surface area contributed by atoms with Crippen molar-refractivity contribution in [3.63, 3.8) is 0 Å². The lowest BCUT2D eigenvalue weighted by Crippen LogP contribution is -2.39. The highest BCUT2D eigenvalue weighted by Crippen LogP contribution is 2.16. The molecule has 1 amide bonds. The van der Waals surface area contributed by atoms with Crippen LogP contribution in [0.4, 0.5) is 4.79 Å². The zero-order valence-corrected chi connectivity index (χ0v) is 12.3. The van der Waals surface area contributed by atoms with E-state index in [1.165, 1.54) is 0 Å². The number of nitrogens with one attached hydrogen (secondary N) is 1. The lowest BCUT2D eigenvalue weighted by molar-refractivity contribution is 0.0291. The van der Waals surface area contributed by atoms with Crippen molar-refractivity contribution in [3.8, 4) is 0 Å². The van der Waals surface area contributed by atoms with Gasteiger partial charge in [0.25, 0.3) is 0 Å². The van der Waals surface area contributed by atoms with Crippen LogP contribution in [0.2, 0.25) is 0 Å². The predicted octanol–water partition coefficient (Wildman–Crippen LogP) is 1.62. The molecule has 2 fully saturated rings. The van der Waals surface area contributed by atoms with Gasteiger partial charge in [0.1, 0.15) is 5.60 Å². The van der Waals surface area contributed by atoms with Crippen LogP contribution in [0, 0.1) is 5.92 Å². The number of carbonyl (C=O) groups is 1. The van der Waals surface area contributed by atoms with Crippen LogP contribution >= 0.6 is 0 Å². The summed E-state index contributed by atoms with van der Waals surface area (Å²) in [4.78, 5) is 13.7. The SMILES string of the molecule is CC(C)(C)OC(=O)N1CCC(NCC2CCOC2)C1. The van der Waals surface area contributed by atoms with E-state index in [1.54, 1.807) is 4.90 Å². The Labute approximate surface area is 115 Å². The third kappa shape index (κ3) is 4.66. The van der Waals surface area contributed by atoms with Crippen LogP contribution in [0.15, 0.2) is 0 Å². The van der Waals surface area contributed by atoms with E-state index < -0.39 is 5.60 Å². The Hall–Kier alpha value is -0.810. The van der Waals surface area contributed by atoms with Gasteiger partial charge in [0.2, 0.25) is 0 Å². The molecule has 2 atom stereocenters. The molecule has 0 spiro atoms. The highest BCUT2D eigenvalue weighted by atomic mass is 16.6. The predicted molar refractivity (Wildman–Crippen MR) is 73.1 cm³/mol. The molecule has 1 N–H and O–H groups in total. The monoisotopic (exact) mass is 270 g/mol. The number of hydrogen-bond acceptors (Lipinski definition) is 4. The average Bonchev–Trinajstić information content (AvgIpc) is 2.96. The van der Waals surface area contributed by atoms with E-state index in [1.807, 2.05) is 20.8 Å². The average molecular weight is 270 g/mol. The number of hydrogen-bond donors (Lipinski definition) is 1. The van der Waals surface area contributed by atoms with Crippen molar-refractivity contribution in [1.29, 1.82) is 0 Å². The summed E-state index contributed by atoms with van der Waals surface area (Å²) in [7, 11) is 0. The van der Waals surface area contributed by atoms with Gasteiger partial charge in [0.15, 0.2) is 0 Å². The molecule has 0 aromatic heterocycles. The van der Waals surface area contributed by atoms with Gasteiger partial charge in [-0.25, -0.2) is 4.79 Å². The minimum absolute atomic E-state index is 0.194. The number of ether oxygens (including phenoxy) is 2. The quantitative estimate of drug-likeness (QED) is 0.846. The molecule has 2 aliphatic rings. The molecule has 5 nitrogen and oxygen atoms in total. The van der Waals surface area contributed by atoms with E-state index in [4.69, 9.17) is 9.47 Å². The smallest absolute Gasteiger partial charge is 0.410 e. The molecule has 110 valence electrons. The molecule has 0 aromatic rings. The van der Waals surface area contributed by atoms with Crippen molar-refractivity contribution in [1.82, 2.24) is 10.2 Å². The Morgan fingerprint density at radius 2 is 2.21 bits per heavy atom. The lowest BCUT2D eigenvalue weighted by Gasteiger charge is -2.24. The van der Waals surface area contributed by atoms with Gasteiger partial charge in [-0.2, -0.15) is 0 Å². The van der Waals surface area contributed by atoms with Crippen molar-refractivity contribution >= 4 is 6.09 Å². The van der Waals surface area contributed by atoms with Crippen LogP contribution in [0.3, 0.4) is 0 Å². The standard InChI is InChI=1S/C14H26N2O3/c1-14(2,3)19-13(17)16-6-4-12(9-16)15-8-11-5-7-18-10-11/h11-12,15H,4-10H2,1-3H3. The molecule has 2 rings (SSSR count). The van der Waals surface area contributed by atoms with Crippen LogP contribution in [0.1, 0.15) is 33.6 Å². The van der Waals surface area contributed by atoms with Crippen LogP contribution in [0.5, 0.6) is 0 Å². The first-order chi connectivity index (χ1) is 8.94. The number of rotatable bonds is 3. The third-order valence-corrected chi connectivity index (χ3v) is 3.56. The first-order valence-corrected chi connectivity index (χ1v) is 7.23. The summed E-state index contributed by atoms with van der Waals surface area (Å²) in [6.07, 6.45) is 1.96. The van der Waals surface area contributed by atoms with Crippen molar-refractivity contribution in [2.45, 2.75) is 45.3 Å². The van der Waals surface area contributed by atoms with Crippen molar-refractivity contribution in [2.75, 3.05) is 32.8 Å². The van der Waals surface area contributed by atoms with Gasteiger partial charge < -0.3 is 19.7 Å². The first kappa shape index (κ1) is 14.6. The van der Waals surface area contributed by atoms with Gasteiger partial charge >= 0.3 is 6.09 Å². The molecule has 2 unspecified atom stereocenters.